The second-order valence-corrected chi connectivity index (χ2v) is 7.97. The van der Waals surface area contributed by atoms with Crippen LogP contribution in [0.5, 0.6) is 11.5 Å². The lowest BCUT2D eigenvalue weighted by Gasteiger charge is -2.13. The van der Waals surface area contributed by atoms with Gasteiger partial charge in [0.05, 0.1) is 24.1 Å². The van der Waals surface area contributed by atoms with E-state index in [-0.39, 0.29) is 11.5 Å². The zero-order valence-corrected chi connectivity index (χ0v) is 19.2. The number of nitrogens with one attached hydrogen (secondary N) is 2. The maximum Gasteiger partial charge on any atom is 0.262 e. The van der Waals surface area contributed by atoms with Crippen LogP contribution in [0.2, 0.25) is 0 Å². The SMILES string of the molecule is CCOc1cc2[nH]c(=S)n(CCCCC(=O)NCCC(C)C)c(=O)c2cc1OCC. The monoisotopic (exact) mass is 435 g/mol. The molecule has 166 valence electrons. The Hall–Kier alpha value is -2.35. The molecule has 8 heteroatoms. The Balaban J connectivity index is 2.09. The molecule has 0 unspecified atom stereocenters. The van der Waals surface area contributed by atoms with Crippen LogP contribution in [0.4, 0.5) is 0 Å². The number of carbonyl (C=O) groups excluding carboxylic acids is 1. The van der Waals surface area contributed by atoms with Gasteiger partial charge in [0.2, 0.25) is 5.91 Å². The Kier molecular flexibility index (Phi) is 9.36. The molecule has 0 spiro atoms. The standard InChI is InChI=1S/C22H33N3O4S/c1-5-28-18-13-16-17(14-19(18)29-6-2)24-22(30)25(21(16)27)12-8-7-9-20(26)23-11-10-15(3)4/h13-15H,5-12H2,1-4H3,(H,23,26)(H,24,30). The van der Waals surface area contributed by atoms with Crippen molar-refractivity contribution in [3.05, 3.63) is 27.3 Å². The Morgan fingerprint density at radius 3 is 2.47 bits per heavy atom. The number of unbranched alkanes of at least 4 members (excludes halogenated alkanes) is 1. The van der Waals surface area contributed by atoms with Crippen molar-refractivity contribution in [2.24, 2.45) is 5.92 Å². The van der Waals surface area contributed by atoms with E-state index in [1.807, 2.05) is 13.8 Å². The molecule has 7 nitrogen and oxygen atoms in total. The van der Waals surface area contributed by atoms with Crippen LogP contribution in [-0.4, -0.2) is 35.2 Å². The molecule has 2 rings (SSSR count). The Morgan fingerprint density at radius 2 is 1.83 bits per heavy atom. The van der Waals surface area contributed by atoms with E-state index < -0.39 is 0 Å². The van der Waals surface area contributed by atoms with Gasteiger partial charge in [-0.1, -0.05) is 13.8 Å². The number of aromatic amines is 1. The number of ether oxygens (including phenoxy) is 2. The van der Waals surface area contributed by atoms with Crippen LogP contribution in [0, 0.1) is 10.7 Å². The molecule has 1 heterocycles. The molecule has 1 aromatic heterocycles. The number of benzene rings is 1. The minimum atomic E-state index is -0.167. The average Bonchev–Trinajstić information content (AvgIpc) is 2.68. The van der Waals surface area contributed by atoms with E-state index in [4.69, 9.17) is 21.7 Å². The summed E-state index contributed by atoms with van der Waals surface area (Å²) in [6.45, 7) is 10.2. The van der Waals surface area contributed by atoms with Crippen molar-refractivity contribution in [1.82, 2.24) is 14.9 Å². The van der Waals surface area contributed by atoms with E-state index in [1.165, 1.54) is 0 Å². The van der Waals surface area contributed by atoms with Crippen LogP contribution in [0.15, 0.2) is 16.9 Å². The van der Waals surface area contributed by atoms with Gasteiger partial charge in [-0.05, 0) is 57.3 Å². The molecule has 30 heavy (non-hydrogen) atoms. The van der Waals surface area contributed by atoms with E-state index in [0.29, 0.717) is 78.7 Å². The lowest BCUT2D eigenvalue weighted by Crippen LogP contribution is -2.25. The van der Waals surface area contributed by atoms with Crippen molar-refractivity contribution >= 4 is 29.0 Å². The van der Waals surface area contributed by atoms with Crippen LogP contribution in [-0.2, 0) is 11.3 Å². The van der Waals surface area contributed by atoms with Crippen molar-refractivity contribution in [3.63, 3.8) is 0 Å². The van der Waals surface area contributed by atoms with Gasteiger partial charge in [-0.25, -0.2) is 0 Å². The van der Waals surface area contributed by atoms with Crippen molar-refractivity contribution in [2.75, 3.05) is 19.8 Å². The van der Waals surface area contributed by atoms with E-state index in [2.05, 4.69) is 24.1 Å². The molecular formula is C22H33N3O4S. The van der Waals surface area contributed by atoms with Crippen molar-refractivity contribution in [1.29, 1.82) is 0 Å². The highest BCUT2D eigenvalue weighted by atomic mass is 32.1. The fraction of sp³-hybridized carbons (Fsp3) is 0.591. The number of hydrogen-bond acceptors (Lipinski definition) is 5. The zero-order chi connectivity index (χ0) is 22.1. The minimum Gasteiger partial charge on any atom is -0.490 e. The van der Waals surface area contributed by atoms with Gasteiger partial charge in [-0.15, -0.1) is 0 Å². The molecule has 0 radical (unpaired) electrons. The average molecular weight is 436 g/mol. The highest BCUT2D eigenvalue weighted by molar-refractivity contribution is 7.71. The molecule has 1 amide bonds. The summed E-state index contributed by atoms with van der Waals surface area (Å²) in [4.78, 5) is 28.0. The Morgan fingerprint density at radius 1 is 1.17 bits per heavy atom. The number of rotatable bonds is 12. The van der Waals surface area contributed by atoms with Gasteiger partial charge in [0.15, 0.2) is 16.3 Å². The first-order valence-corrected chi connectivity index (χ1v) is 11.1. The van der Waals surface area contributed by atoms with Crippen molar-refractivity contribution < 1.29 is 14.3 Å². The van der Waals surface area contributed by atoms with E-state index in [1.54, 1.807) is 16.7 Å². The second kappa shape index (κ2) is 11.7. The molecule has 0 aliphatic carbocycles. The maximum atomic E-state index is 13.0. The van der Waals surface area contributed by atoms with Gasteiger partial charge >= 0.3 is 0 Å². The fourth-order valence-corrected chi connectivity index (χ4v) is 3.43. The molecule has 1 aromatic carbocycles. The van der Waals surface area contributed by atoms with Gasteiger partial charge in [0, 0.05) is 25.6 Å². The molecule has 0 saturated heterocycles. The predicted octanol–water partition coefficient (Wildman–Crippen LogP) is 4.19. The Bertz CT molecular complexity index is 965. The topological polar surface area (TPSA) is 85.4 Å². The number of amides is 1. The zero-order valence-electron chi connectivity index (χ0n) is 18.4. The summed E-state index contributed by atoms with van der Waals surface area (Å²) >= 11 is 5.40. The van der Waals surface area contributed by atoms with Crippen LogP contribution in [0.1, 0.15) is 53.4 Å². The molecule has 0 saturated carbocycles. The predicted molar refractivity (Wildman–Crippen MR) is 122 cm³/mol. The summed E-state index contributed by atoms with van der Waals surface area (Å²) in [5, 5.41) is 3.44. The summed E-state index contributed by atoms with van der Waals surface area (Å²) in [5.74, 6) is 1.74. The number of aromatic nitrogens is 2. The quantitative estimate of drug-likeness (QED) is 0.386. The summed E-state index contributed by atoms with van der Waals surface area (Å²) in [6, 6.07) is 3.46. The van der Waals surface area contributed by atoms with Crippen LogP contribution in [0.25, 0.3) is 10.9 Å². The summed E-state index contributed by atoms with van der Waals surface area (Å²) in [6.07, 6.45) is 2.81. The third-order valence-electron chi connectivity index (χ3n) is 4.73. The number of fused-ring (bicyclic) bond motifs is 1. The largest absolute Gasteiger partial charge is 0.490 e. The lowest BCUT2D eigenvalue weighted by atomic mass is 10.1. The van der Waals surface area contributed by atoms with Gasteiger partial charge in [0.25, 0.3) is 5.56 Å². The molecule has 0 aliphatic heterocycles. The maximum absolute atomic E-state index is 13.0. The first-order valence-electron chi connectivity index (χ1n) is 10.7. The minimum absolute atomic E-state index is 0.0523. The van der Waals surface area contributed by atoms with E-state index in [9.17, 15) is 9.59 Å². The molecule has 0 aliphatic rings. The lowest BCUT2D eigenvalue weighted by molar-refractivity contribution is -0.121. The summed E-state index contributed by atoms with van der Waals surface area (Å²) < 4.78 is 13.2. The fourth-order valence-electron chi connectivity index (χ4n) is 3.14. The third-order valence-corrected chi connectivity index (χ3v) is 5.05. The van der Waals surface area contributed by atoms with Crippen molar-refractivity contribution in [3.8, 4) is 11.5 Å². The van der Waals surface area contributed by atoms with Crippen LogP contribution >= 0.6 is 12.2 Å². The van der Waals surface area contributed by atoms with E-state index >= 15 is 0 Å². The first kappa shape index (κ1) is 23.9. The number of carbonyl (C=O) groups is 1. The first-order chi connectivity index (χ1) is 14.4. The number of H-pyrrole nitrogens is 1. The molecular weight excluding hydrogens is 402 g/mol. The smallest absolute Gasteiger partial charge is 0.262 e. The highest BCUT2D eigenvalue weighted by Crippen LogP contribution is 2.30. The number of nitrogens with zero attached hydrogens (tertiary/aromatic N) is 1. The summed E-state index contributed by atoms with van der Waals surface area (Å²) in [5.41, 5.74) is 0.455. The Labute approximate surface area is 182 Å². The third kappa shape index (κ3) is 6.58. The van der Waals surface area contributed by atoms with Crippen LogP contribution < -0.4 is 20.3 Å². The van der Waals surface area contributed by atoms with Crippen LogP contribution in [0.3, 0.4) is 0 Å². The van der Waals surface area contributed by atoms with Crippen molar-refractivity contribution in [2.45, 2.75) is 59.9 Å². The molecule has 0 fully saturated rings. The normalized spacial score (nSPS) is 11.1. The van der Waals surface area contributed by atoms with Gasteiger partial charge in [-0.2, -0.15) is 0 Å². The highest BCUT2D eigenvalue weighted by Gasteiger charge is 2.13. The van der Waals surface area contributed by atoms with E-state index in [0.717, 1.165) is 6.42 Å². The van der Waals surface area contributed by atoms with Gasteiger partial charge in [-0.3, -0.25) is 14.2 Å². The molecule has 2 N–H and O–H groups in total. The molecule has 0 bridgehead atoms. The molecule has 2 aromatic rings. The number of hydrogen-bond donors (Lipinski definition) is 2. The van der Waals surface area contributed by atoms with Gasteiger partial charge in [0.1, 0.15) is 0 Å². The summed E-state index contributed by atoms with van der Waals surface area (Å²) in [7, 11) is 0. The molecule has 0 atom stereocenters. The van der Waals surface area contributed by atoms with Gasteiger partial charge < -0.3 is 19.8 Å². The second-order valence-electron chi connectivity index (χ2n) is 7.59.